The first-order valence-corrected chi connectivity index (χ1v) is 10.8. The van der Waals surface area contributed by atoms with Crippen LogP contribution in [0.3, 0.4) is 0 Å². The van der Waals surface area contributed by atoms with E-state index in [1.807, 2.05) is 60.4 Å². The molecule has 0 radical (unpaired) electrons. The molecule has 2 aliphatic heterocycles. The van der Waals surface area contributed by atoms with E-state index in [-0.39, 0.29) is 11.2 Å². The Morgan fingerprint density at radius 1 is 0.941 bits per heavy atom. The first-order valence-electron chi connectivity index (χ1n) is 10.8. The number of fused-ring (bicyclic) bond motifs is 3. The third-order valence-electron chi connectivity index (χ3n) is 5.89. The number of aryl methyl sites for hydroxylation is 1. The Balaban J connectivity index is 1.46. The van der Waals surface area contributed by atoms with Crippen LogP contribution in [0.2, 0.25) is 0 Å². The van der Waals surface area contributed by atoms with Crippen LogP contribution < -0.4 is 5.56 Å². The summed E-state index contributed by atoms with van der Waals surface area (Å²) in [5, 5.41) is 9.52. The molecule has 2 aliphatic rings. The third kappa shape index (κ3) is 3.27. The van der Waals surface area contributed by atoms with Crippen LogP contribution in [0.4, 0.5) is 4.39 Å². The zero-order valence-corrected chi connectivity index (χ0v) is 18.3. The lowest BCUT2D eigenvalue weighted by atomic mass is 10.1. The summed E-state index contributed by atoms with van der Waals surface area (Å²) in [5.41, 5.74) is 4.45. The van der Waals surface area contributed by atoms with Crippen LogP contribution >= 0.6 is 0 Å². The SMILES string of the molecule is Cn1cc(-c2ccc(Cn3cc4c(=O)n(-c5ccccc5F)nc-4c4ccccc43)cn2)cn1. The van der Waals surface area contributed by atoms with Crippen LogP contribution in [0.25, 0.3) is 39.1 Å². The molecule has 0 fully saturated rings. The lowest BCUT2D eigenvalue weighted by Crippen LogP contribution is -2.16. The molecule has 0 aliphatic carbocycles. The van der Waals surface area contributed by atoms with Crippen molar-refractivity contribution < 1.29 is 4.39 Å². The fourth-order valence-electron chi connectivity index (χ4n) is 4.24. The minimum atomic E-state index is -0.496. The molecule has 0 N–H and O–H groups in total. The van der Waals surface area contributed by atoms with Gasteiger partial charge in [-0.3, -0.25) is 14.5 Å². The van der Waals surface area contributed by atoms with Crippen LogP contribution in [0.1, 0.15) is 5.56 Å². The van der Waals surface area contributed by atoms with Gasteiger partial charge < -0.3 is 4.57 Å². The van der Waals surface area contributed by atoms with Gasteiger partial charge in [0.2, 0.25) is 0 Å². The molecule has 0 saturated carbocycles. The average molecular weight is 450 g/mol. The largest absolute Gasteiger partial charge is 0.342 e. The Kier molecular flexibility index (Phi) is 4.58. The summed E-state index contributed by atoms with van der Waals surface area (Å²) in [6.45, 7) is 0.515. The predicted molar refractivity (Wildman–Crippen MR) is 127 cm³/mol. The molecule has 2 aromatic heterocycles. The second-order valence-electron chi connectivity index (χ2n) is 8.16. The van der Waals surface area contributed by atoms with Gasteiger partial charge in [0, 0.05) is 43.1 Å². The molecular weight excluding hydrogens is 431 g/mol. The van der Waals surface area contributed by atoms with Gasteiger partial charge in [0.15, 0.2) is 0 Å². The fraction of sp³-hybridized carbons (Fsp3) is 0.0769. The Morgan fingerprint density at radius 2 is 1.76 bits per heavy atom. The molecule has 7 nitrogen and oxygen atoms in total. The molecule has 0 saturated heterocycles. The summed E-state index contributed by atoms with van der Waals surface area (Å²) in [6.07, 6.45) is 7.32. The highest BCUT2D eigenvalue weighted by Gasteiger charge is 2.22. The Hall–Kier alpha value is -4.59. The molecule has 4 heterocycles. The summed E-state index contributed by atoms with van der Waals surface area (Å²) in [4.78, 5) is 17.8. The number of pyridine rings is 2. The topological polar surface area (TPSA) is 70.5 Å². The van der Waals surface area contributed by atoms with Crippen molar-refractivity contribution in [3.05, 3.63) is 107 Å². The Labute approximate surface area is 193 Å². The van der Waals surface area contributed by atoms with Gasteiger partial charge in [-0.1, -0.05) is 36.4 Å². The summed E-state index contributed by atoms with van der Waals surface area (Å²) >= 11 is 0. The van der Waals surface area contributed by atoms with E-state index >= 15 is 0 Å². The molecule has 166 valence electrons. The van der Waals surface area contributed by atoms with Crippen molar-refractivity contribution in [2.45, 2.75) is 6.54 Å². The molecule has 4 aromatic rings. The molecule has 0 spiro atoms. The highest BCUT2D eigenvalue weighted by molar-refractivity contribution is 5.93. The number of hydrogen-bond donors (Lipinski definition) is 0. The van der Waals surface area contributed by atoms with Gasteiger partial charge in [0.05, 0.1) is 23.0 Å². The summed E-state index contributed by atoms with van der Waals surface area (Å²) in [6, 6.07) is 17.9. The molecule has 0 atom stereocenters. The summed E-state index contributed by atoms with van der Waals surface area (Å²) in [5.74, 6) is -0.496. The molecule has 34 heavy (non-hydrogen) atoms. The zero-order valence-electron chi connectivity index (χ0n) is 18.3. The zero-order chi connectivity index (χ0) is 23.2. The predicted octanol–water partition coefficient (Wildman–Crippen LogP) is 4.27. The molecule has 0 unspecified atom stereocenters. The summed E-state index contributed by atoms with van der Waals surface area (Å²) in [7, 11) is 1.87. The minimum absolute atomic E-state index is 0.134. The Bertz CT molecular complexity index is 1680. The van der Waals surface area contributed by atoms with E-state index in [1.165, 1.54) is 6.07 Å². The highest BCUT2D eigenvalue weighted by atomic mass is 19.1. The average Bonchev–Trinajstić information content (AvgIpc) is 3.44. The van der Waals surface area contributed by atoms with Gasteiger partial charge in [-0.2, -0.15) is 14.9 Å². The van der Waals surface area contributed by atoms with Crippen LogP contribution in [0.5, 0.6) is 0 Å². The quantitative estimate of drug-likeness (QED) is 0.402. The summed E-state index contributed by atoms with van der Waals surface area (Å²) < 4.78 is 19.3. The third-order valence-corrected chi connectivity index (χ3v) is 5.89. The van der Waals surface area contributed by atoms with E-state index in [0.717, 1.165) is 32.4 Å². The molecule has 8 heteroatoms. The van der Waals surface area contributed by atoms with E-state index in [0.29, 0.717) is 17.8 Å². The van der Waals surface area contributed by atoms with Gasteiger partial charge in [0.25, 0.3) is 5.56 Å². The van der Waals surface area contributed by atoms with Gasteiger partial charge >= 0.3 is 0 Å². The van der Waals surface area contributed by atoms with E-state index < -0.39 is 5.82 Å². The fourth-order valence-corrected chi connectivity index (χ4v) is 4.24. The van der Waals surface area contributed by atoms with Crippen molar-refractivity contribution in [2.75, 3.05) is 0 Å². The molecule has 2 aromatic carbocycles. The monoisotopic (exact) mass is 450 g/mol. The van der Waals surface area contributed by atoms with Gasteiger partial charge in [-0.05, 0) is 29.8 Å². The molecule has 0 bridgehead atoms. The van der Waals surface area contributed by atoms with E-state index in [4.69, 9.17) is 0 Å². The van der Waals surface area contributed by atoms with Gasteiger partial charge in [-0.25, -0.2) is 4.39 Å². The second-order valence-corrected chi connectivity index (χ2v) is 8.16. The standard InChI is InChI=1S/C26H19FN6O/c1-31-15-18(13-29-31)22-11-10-17(12-28-22)14-32-16-20-25(19-6-2-4-8-23(19)32)30-33(26(20)34)24-9-5-3-7-21(24)27/h2-13,15-16H,14H2,1H3. The molecule has 0 amide bonds. The van der Waals surface area contributed by atoms with Crippen molar-refractivity contribution in [3.8, 4) is 28.2 Å². The number of para-hydroxylation sites is 2. The number of benzene rings is 2. The molecule has 6 rings (SSSR count). The van der Waals surface area contributed by atoms with Crippen molar-refractivity contribution in [1.82, 2.24) is 29.1 Å². The van der Waals surface area contributed by atoms with Crippen LogP contribution in [0, 0.1) is 5.82 Å². The first-order chi connectivity index (χ1) is 16.6. The normalized spacial score (nSPS) is 11.5. The lowest BCUT2D eigenvalue weighted by Gasteiger charge is -2.14. The van der Waals surface area contributed by atoms with Crippen LogP contribution in [-0.2, 0) is 13.6 Å². The maximum absolute atomic E-state index is 14.4. The number of nitrogens with zero attached hydrogens (tertiary/aromatic N) is 6. The van der Waals surface area contributed by atoms with Crippen molar-refractivity contribution in [3.63, 3.8) is 0 Å². The van der Waals surface area contributed by atoms with Crippen molar-refractivity contribution in [1.29, 1.82) is 0 Å². The van der Waals surface area contributed by atoms with Crippen molar-refractivity contribution >= 4 is 10.9 Å². The molecular formula is C26H19FN6O. The smallest absolute Gasteiger partial charge is 0.282 e. The maximum Gasteiger partial charge on any atom is 0.282 e. The first kappa shape index (κ1) is 20.0. The Morgan fingerprint density at radius 3 is 2.53 bits per heavy atom. The van der Waals surface area contributed by atoms with Gasteiger partial charge in [-0.15, -0.1) is 0 Å². The van der Waals surface area contributed by atoms with E-state index in [1.54, 1.807) is 35.3 Å². The number of halogens is 1. The minimum Gasteiger partial charge on any atom is -0.342 e. The number of aromatic nitrogens is 6. The second kappa shape index (κ2) is 7.77. The van der Waals surface area contributed by atoms with Crippen LogP contribution in [0.15, 0.2) is 90.2 Å². The van der Waals surface area contributed by atoms with E-state index in [2.05, 4.69) is 15.2 Å². The van der Waals surface area contributed by atoms with E-state index in [9.17, 15) is 9.18 Å². The maximum atomic E-state index is 14.4. The lowest BCUT2D eigenvalue weighted by molar-refractivity contribution is 0.609. The van der Waals surface area contributed by atoms with Gasteiger partial charge in [0.1, 0.15) is 17.2 Å². The number of rotatable bonds is 4. The number of hydrogen-bond acceptors (Lipinski definition) is 4. The van der Waals surface area contributed by atoms with Crippen molar-refractivity contribution in [2.24, 2.45) is 7.05 Å². The highest BCUT2D eigenvalue weighted by Crippen LogP contribution is 2.29. The van der Waals surface area contributed by atoms with Crippen LogP contribution in [-0.4, -0.2) is 29.1 Å².